The third-order valence-corrected chi connectivity index (χ3v) is 3.70. The lowest BCUT2D eigenvalue weighted by Crippen LogP contribution is -2.13. The molecule has 1 saturated carbocycles. The fourth-order valence-corrected chi connectivity index (χ4v) is 2.14. The van der Waals surface area contributed by atoms with E-state index >= 15 is 0 Å². The Kier molecular flexibility index (Phi) is 6.97. The van der Waals surface area contributed by atoms with Crippen LogP contribution in [0.1, 0.15) is 19.8 Å². The number of carbonyl (C=O) groups excluding carboxylic acids is 1. The van der Waals surface area contributed by atoms with Gasteiger partial charge in [-0.15, -0.1) is 0 Å². The molecule has 0 unspecified atom stereocenters. The van der Waals surface area contributed by atoms with Crippen LogP contribution >= 0.6 is 0 Å². The molecule has 1 aliphatic rings. The third-order valence-electron chi connectivity index (χ3n) is 3.70. The molecule has 1 amide bonds. The molecule has 0 atom stereocenters. The summed E-state index contributed by atoms with van der Waals surface area (Å²) < 4.78 is 12.9. The molecule has 1 N–H and O–H groups in total. The van der Waals surface area contributed by atoms with Crippen molar-refractivity contribution in [1.82, 2.24) is 9.97 Å². The number of amides is 1. The maximum atomic E-state index is 12.9. The lowest BCUT2D eigenvalue weighted by Gasteiger charge is -2.09. The van der Waals surface area contributed by atoms with Crippen LogP contribution in [0.2, 0.25) is 0 Å². The van der Waals surface area contributed by atoms with E-state index in [1.165, 1.54) is 0 Å². The highest BCUT2D eigenvalue weighted by molar-refractivity contribution is 5.94. The maximum absolute atomic E-state index is 12.9. The molecular formula is C21H24FN3O. The minimum Gasteiger partial charge on any atom is -0.326 e. The summed E-state index contributed by atoms with van der Waals surface area (Å²) in [6.07, 6.45) is 11.3. The Labute approximate surface area is 154 Å². The fraction of sp³-hybridized carbons (Fsp3) is 0.190. The first-order chi connectivity index (χ1) is 12.5. The molecule has 1 fully saturated rings. The van der Waals surface area contributed by atoms with Crippen LogP contribution in [0, 0.1) is 18.7 Å². The highest BCUT2D eigenvalue weighted by Crippen LogP contribution is 2.31. The number of carbonyl (C=O) groups is 1. The monoisotopic (exact) mass is 353 g/mol. The quantitative estimate of drug-likeness (QED) is 0.761. The van der Waals surface area contributed by atoms with Gasteiger partial charge in [-0.05, 0) is 37.5 Å². The Morgan fingerprint density at radius 2 is 1.85 bits per heavy atom. The largest absolute Gasteiger partial charge is 0.326 e. The van der Waals surface area contributed by atoms with Gasteiger partial charge in [-0.3, -0.25) is 4.79 Å². The number of allylic oxidation sites excluding steroid dienone is 4. The predicted molar refractivity (Wildman–Crippen MR) is 105 cm³/mol. The van der Waals surface area contributed by atoms with E-state index < -0.39 is 5.82 Å². The summed E-state index contributed by atoms with van der Waals surface area (Å²) >= 11 is 0. The van der Waals surface area contributed by atoms with E-state index in [1.807, 2.05) is 37.3 Å². The number of benzene rings is 1. The minimum atomic E-state index is -0.468. The van der Waals surface area contributed by atoms with Crippen molar-refractivity contribution in [1.29, 1.82) is 0 Å². The Morgan fingerprint density at radius 1 is 1.23 bits per heavy atom. The van der Waals surface area contributed by atoms with Crippen LogP contribution < -0.4 is 5.32 Å². The average molecular weight is 353 g/mol. The Balaban J connectivity index is 0.000000456. The highest BCUT2D eigenvalue weighted by atomic mass is 19.1. The minimum absolute atomic E-state index is 0. The van der Waals surface area contributed by atoms with Crippen LogP contribution in [0.25, 0.3) is 11.4 Å². The van der Waals surface area contributed by atoms with Crippen molar-refractivity contribution in [3.8, 4) is 11.4 Å². The molecule has 1 aromatic heterocycles. The standard InChI is InChI=1S/C15H14FN3O.C6H8.H2/c1-9-2-5-12(19-15(20)10-3-4-10)6-13(9)14-17-7-11(16)8-18-14;1-3-5-6-4-2;/h2,5-8,10H,3-4H2,1H3,(H,19,20);3-6H,1-2H2;1H/b;6-5-;. The van der Waals surface area contributed by atoms with Crippen LogP contribution in [0.5, 0.6) is 0 Å². The van der Waals surface area contributed by atoms with Gasteiger partial charge in [-0.2, -0.15) is 0 Å². The van der Waals surface area contributed by atoms with Gasteiger partial charge in [-0.25, -0.2) is 14.4 Å². The number of anilines is 1. The zero-order chi connectivity index (χ0) is 18.9. The summed E-state index contributed by atoms with van der Waals surface area (Å²) in [5.41, 5.74) is 2.48. The van der Waals surface area contributed by atoms with Crippen molar-refractivity contribution in [2.75, 3.05) is 5.32 Å². The van der Waals surface area contributed by atoms with Gasteiger partial charge in [-0.1, -0.05) is 43.5 Å². The van der Waals surface area contributed by atoms with Crippen LogP contribution in [-0.4, -0.2) is 15.9 Å². The zero-order valence-corrected chi connectivity index (χ0v) is 14.8. The van der Waals surface area contributed by atoms with Crippen molar-refractivity contribution in [3.63, 3.8) is 0 Å². The number of nitrogens with zero attached hydrogens (tertiary/aromatic N) is 2. The number of rotatable bonds is 5. The average Bonchev–Trinajstić information content (AvgIpc) is 3.48. The van der Waals surface area contributed by atoms with Gasteiger partial charge in [0.1, 0.15) is 0 Å². The zero-order valence-electron chi connectivity index (χ0n) is 14.8. The molecule has 2 aromatic rings. The third kappa shape index (κ3) is 5.77. The molecule has 0 radical (unpaired) electrons. The molecular weight excluding hydrogens is 329 g/mol. The Hall–Kier alpha value is -3.08. The molecule has 0 spiro atoms. The first-order valence-corrected chi connectivity index (χ1v) is 8.34. The van der Waals surface area contributed by atoms with Crippen LogP contribution in [-0.2, 0) is 4.79 Å². The summed E-state index contributed by atoms with van der Waals surface area (Å²) in [7, 11) is 0. The van der Waals surface area contributed by atoms with E-state index in [9.17, 15) is 9.18 Å². The van der Waals surface area contributed by atoms with Crippen LogP contribution in [0.3, 0.4) is 0 Å². The predicted octanol–water partition coefficient (Wildman–Crippen LogP) is 5.10. The molecule has 136 valence electrons. The van der Waals surface area contributed by atoms with Crippen molar-refractivity contribution in [2.24, 2.45) is 5.92 Å². The second-order valence-electron chi connectivity index (χ2n) is 5.87. The Morgan fingerprint density at radius 3 is 2.38 bits per heavy atom. The summed E-state index contributed by atoms with van der Waals surface area (Å²) in [5, 5.41) is 2.88. The lowest BCUT2D eigenvalue weighted by molar-refractivity contribution is -0.117. The van der Waals surface area contributed by atoms with Gasteiger partial charge in [0, 0.05) is 18.6 Å². The summed E-state index contributed by atoms with van der Waals surface area (Å²) in [6, 6.07) is 5.57. The number of aryl methyl sites for hydroxylation is 1. The normalized spacial score (nSPS) is 12.8. The topological polar surface area (TPSA) is 54.9 Å². The second kappa shape index (κ2) is 9.42. The van der Waals surface area contributed by atoms with Crippen LogP contribution in [0.15, 0.2) is 68.1 Å². The Bertz CT molecular complexity index is 805. The summed E-state index contributed by atoms with van der Waals surface area (Å²) in [4.78, 5) is 19.7. The van der Waals surface area contributed by atoms with E-state index in [1.54, 1.807) is 12.2 Å². The first kappa shape index (κ1) is 19.2. The van der Waals surface area contributed by atoms with Crippen molar-refractivity contribution in [2.45, 2.75) is 19.8 Å². The van der Waals surface area contributed by atoms with Crippen molar-refractivity contribution in [3.05, 3.63) is 79.4 Å². The number of halogens is 1. The van der Waals surface area contributed by atoms with Gasteiger partial charge < -0.3 is 5.32 Å². The SMILES string of the molecule is C=C/C=C\C=C.Cc1ccc(NC(=O)C2CC2)cc1-c1ncc(F)cn1.[HH]. The lowest BCUT2D eigenvalue weighted by atomic mass is 10.1. The number of nitrogens with one attached hydrogen (secondary N) is 1. The van der Waals surface area contributed by atoms with Gasteiger partial charge >= 0.3 is 0 Å². The molecule has 1 aromatic carbocycles. The molecule has 3 rings (SSSR count). The van der Waals surface area contributed by atoms with Gasteiger partial charge in [0.2, 0.25) is 5.91 Å². The van der Waals surface area contributed by atoms with E-state index in [0.717, 1.165) is 42.0 Å². The van der Waals surface area contributed by atoms with Crippen molar-refractivity contribution >= 4 is 11.6 Å². The molecule has 4 nitrogen and oxygen atoms in total. The number of hydrogen-bond acceptors (Lipinski definition) is 3. The van der Waals surface area contributed by atoms with Crippen LogP contribution in [0.4, 0.5) is 10.1 Å². The van der Waals surface area contributed by atoms with E-state index in [4.69, 9.17) is 0 Å². The summed E-state index contributed by atoms with van der Waals surface area (Å²) in [5.74, 6) is 0.192. The smallest absolute Gasteiger partial charge is 0.227 e. The van der Waals surface area contributed by atoms with E-state index in [0.29, 0.717) is 5.82 Å². The van der Waals surface area contributed by atoms with Crippen molar-refractivity contribution < 1.29 is 10.6 Å². The van der Waals surface area contributed by atoms with Gasteiger partial charge in [0.25, 0.3) is 0 Å². The second-order valence-corrected chi connectivity index (χ2v) is 5.87. The number of aromatic nitrogens is 2. The summed E-state index contributed by atoms with van der Waals surface area (Å²) in [6.45, 7) is 8.85. The molecule has 0 saturated heterocycles. The molecule has 1 heterocycles. The van der Waals surface area contributed by atoms with E-state index in [2.05, 4.69) is 28.4 Å². The van der Waals surface area contributed by atoms with E-state index in [-0.39, 0.29) is 13.3 Å². The molecule has 5 heteroatoms. The molecule has 1 aliphatic carbocycles. The van der Waals surface area contributed by atoms with Gasteiger partial charge in [0.05, 0.1) is 12.4 Å². The number of hydrogen-bond donors (Lipinski definition) is 1. The molecule has 26 heavy (non-hydrogen) atoms. The molecule has 0 aliphatic heterocycles. The highest BCUT2D eigenvalue weighted by Gasteiger charge is 2.29. The molecule has 0 bridgehead atoms. The fourth-order valence-electron chi connectivity index (χ4n) is 2.14. The first-order valence-electron chi connectivity index (χ1n) is 8.34. The van der Waals surface area contributed by atoms with Gasteiger partial charge in [0.15, 0.2) is 11.6 Å². The maximum Gasteiger partial charge on any atom is 0.227 e.